The van der Waals surface area contributed by atoms with Crippen molar-refractivity contribution in [3.8, 4) is 11.5 Å². The maximum Gasteiger partial charge on any atom is 0.194 e. The molecular formula is C16H22O5. The lowest BCUT2D eigenvalue weighted by molar-refractivity contribution is -0.0822. The van der Waals surface area contributed by atoms with E-state index in [0.717, 1.165) is 0 Å². The number of hydrogen-bond acceptors (Lipinski definition) is 5. The fraction of sp³-hybridized carbons (Fsp3) is 0.562. The van der Waals surface area contributed by atoms with E-state index < -0.39 is 5.60 Å². The normalized spacial score (nSPS) is 17.3. The number of hydrogen-bond donors (Lipinski definition) is 0. The van der Waals surface area contributed by atoms with Crippen LogP contribution in [0.4, 0.5) is 0 Å². The summed E-state index contributed by atoms with van der Waals surface area (Å²) in [7, 11) is 3.12. The van der Waals surface area contributed by atoms with Gasteiger partial charge in [0.2, 0.25) is 0 Å². The highest BCUT2D eigenvalue weighted by atomic mass is 16.5. The van der Waals surface area contributed by atoms with Crippen LogP contribution >= 0.6 is 0 Å². The van der Waals surface area contributed by atoms with Crippen LogP contribution in [0.1, 0.15) is 30.1 Å². The van der Waals surface area contributed by atoms with Crippen LogP contribution in [-0.4, -0.2) is 45.4 Å². The molecule has 1 aromatic rings. The molecule has 1 aliphatic heterocycles. The van der Waals surface area contributed by atoms with Gasteiger partial charge in [0.05, 0.1) is 14.2 Å². The summed E-state index contributed by atoms with van der Waals surface area (Å²) in [4.78, 5) is 12.9. The highest BCUT2D eigenvalue weighted by Gasteiger charge is 2.41. The second-order valence-electron chi connectivity index (χ2n) is 4.94. The summed E-state index contributed by atoms with van der Waals surface area (Å²) < 4.78 is 21.6. The Morgan fingerprint density at radius 3 is 2.43 bits per heavy atom. The van der Waals surface area contributed by atoms with Crippen molar-refractivity contribution in [2.45, 2.75) is 25.4 Å². The summed E-state index contributed by atoms with van der Waals surface area (Å²) in [5.74, 6) is 1.13. The van der Waals surface area contributed by atoms with Gasteiger partial charge in [0.25, 0.3) is 0 Å². The average molecular weight is 294 g/mol. The van der Waals surface area contributed by atoms with Gasteiger partial charge in [0, 0.05) is 38.2 Å². The highest BCUT2D eigenvalue weighted by molar-refractivity contribution is 6.03. The molecule has 0 spiro atoms. The molecule has 1 heterocycles. The topological polar surface area (TPSA) is 54.0 Å². The van der Waals surface area contributed by atoms with Crippen LogP contribution in [0.2, 0.25) is 0 Å². The fourth-order valence-electron chi connectivity index (χ4n) is 2.65. The largest absolute Gasteiger partial charge is 0.493 e. The first-order chi connectivity index (χ1) is 10.2. The molecule has 2 rings (SSSR count). The van der Waals surface area contributed by atoms with Gasteiger partial charge in [-0.1, -0.05) is 0 Å². The van der Waals surface area contributed by atoms with Crippen molar-refractivity contribution in [1.82, 2.24) is 0 Å². The van der Waals surface area contributed by atoms with E-state index in [0.29, 0.717) is 49.7 Å². The molecule has 0 aliphatic carbocycles. The molecule has 0 aromatic heterocycles. The number of carbonyl (C=O) groups is 1. The van der Waals surface area contributed by atoms with Crippen molar-refractivity contribution in [1.29, 1.82) is 0 Å². The van der Waals surface area contributed by atoms with E-state index in [1.165, 1.54) is 0 Å². The van der Waals surface area contributed by atoms with Crippen molar-refractivity contribution in [3.05, 3.63) is 23.8 Å². The molecule has 1 saturated heterocycles. The molecule has 0 bridgehead atoms. The quantitative estimate of drug-likeness (QED) is 0.754. The molecule has 21 heavy (non-hydrogen) atoms. The first kappa shape index (κ1) is 15.8. The van der Waals surface area contributed by atoms with E-state index in [2.05, 4.69) is 0 Å². The Kier molecular flexibility index (Phi) is 5.20. The van der Waals surface area contributed by atoms with Crippen LogP contribution in [0.3, 0.4) is 0 Å². The number of carbonyl (C=O) groups excluding carboxylic acids is 1. The smallest absolute Gasteiger partial charge is 0.194 e. The molecule has 0 unspecified atom stereocenters. The number of methoxy groups -OCH3 is 2. The summed E-state index contributed by atoms with van der Waals surface area (Å²) in [6, 6.07) is 5.20. The predicted octanol–water partition coefficient (Wildman–Crippen LogP) is 2.47. The third-order valence-electron chi connectivity index (χ3n) is 3.78. The van der Waals surface area contributed by atoms with Crippen LogP contribution < -0.4 is 9.47 Å². The minimum atomic E-state index is -0.785. The van der Waals surface area contributed by atoms with Crippen molar-refractivity contribution in [2.75, 3.05) is 34.0 Å². The van der Waals surface area contributed by atoms with Crippen molar-refractivity contribution >= 4 is 5.78 Å². The predicted molar refractivity (Wildman–Crippen MR) is 78.3 cm³/mol. The second kappa shape index (κ2) is 6.91. The van der Waals surface area contributed by atoms with Crippen molar-refractivity contribution in [3.63, 3.8) is 0 Å². The van der Waals surface area contributed by atoms with E-state index in [1.807, 2.05) is 6.92 Å². The van der Waals surface area contributed by atoms with Gasteiger partial charge < -0.3 is 18.9 Å². The third-order valence-corrected chi connectivity index (χ3v) is 3.78. The second-order valence-corrected chi connectivity index (χ2v) is 4.94. The monoisotopic (exact) mass is 294 g/mol. The molecule has 1 fully saturated rings. The van der Waals surface area contributed by atoms with Gasteiger partial charge in [-0.3, -0.25) is 4.79 Å². The van der Waals surface area contributed by atoms with Gasteiger partial charge in [0.1, 0.15) is 5.60 Å². The molecule has 0 radical (unpaired) electrons. The minimum absolute atomic E-state index is 0.0198. The Morgan fingerprint density at radius 1 is 1.19 bits per heavy atom. The van der Waals surface area contributed by atoms with E-state index in [-0.39, 0.29) is 5.78 Å². The van der Waals surface area contributed by atoms with Crippen molar-refractivity contribution in [2.24, 2.45) is 0 Å². The Bertz CT molecular complexity index is 486. The van der Waals surface area contributed by atoms with Crippen LogP contribution in [0.5, 0.6) is 11.5 Å². The van der Waals surface area contributed by atoms with Gasteiger partial charge in [0.15, 0.2) is 17.3 Å². The Balaban J connectivity index is 2.32. The summed E-state index contributed by atoms with van der Waals surface area (Å²) in [6.45, 7) is 3.48. The number of ketones is 1. The van der Waals surface area contributed by atoms with Gasteiger partial charge in [-0.2, -0.15) is 0 Å². The molecule has 0 atom stereocenters. The summed E-state index contributed by atoms with van der Waals surface area (Å²) >= 11 is 0. The standard InChI is InChI=1S/C16H22O5/c1-4-21-16(7-9-20-10-8-16)15(17)12-5-6-13(18-2)14(11-12)19-3/h5-6,11H,4,7-10H2,1-3H3. The van der Waals surface area contributed by atoms with Gasteiger partial charge in [-0.25, -0.2) is 0 Å². The third kappa shape index (κ3) is 3.19. The Morgan fingerprint density at radius 2 is 1.86 bits per heavy atom. The van der Waals surface area contributed by atoms with Crippen LogP contribution in [0.25, 0.3) is 0 Å². The molecule has 116 valence electrons. The Hall–Kier alpha value is -1.59. The molecule has 0 saturated carbocycles. The van der Waals surface area contributed by atoms with E-state index in [9.17, 15) is 4.79 Å². The average Bonchev–Trinajstić information content (AvgIpc) is 2.54. The van der Waals surface area contributed by atoms with Gasteiger partial charge in [-0.15, -0.1) is 0 Å². The van der Waals surface area contributed by atoms with Crippen molar-refractivity contribution < 1.29 is 23.7 Å². The molecule has 5 heteroatoms. The number of Topliss-reactive ketones (excluding diaryl/α,β-unsaturated/α-hetero) is 1. The molecular weight excluding hydrogens is 272 g/mol. The summed E-state index contributed by atoms with van der Waals surface area (Å²) in [5, 5.41) is 0. The zero-order valence-electron chi connectivity index (χ0n) is 12.8. The highest BCUT2D eigenvalue weighted by Crippen LogP contribution is 2.33. The summed E-state index contributed by atoms with van der Waals surface area (Å²) in [6.07, 6.45) is 1.15. The SMILES string of the molecule is CCOC1(C(=O)c2ccc(OC)c(OC)c2)CCOCC1. The van der Waals surface area contributed by atoms with Crippen LogP contribution in [0.15, 0.2) is 18.2 Å². The first-order valence-corrected chi connectivity index (χ1v) is 7.15. The number of rotatable bonds is 6. The lowest BCUT2D eigenvalue weighted by Crippen LogP contribution is -2.46. The van der Waals surface area contributed by atoms with Crippen LogP contribution in [0, 0.1) is 0 Å². The lowest BCUT2D eigenvalue weighted by atomic mass is 9.85. The molecule has 0 amide bonds. The number of ether oxygens (including phenoxy) is 4. The molecule has 5 nitrogen and oxygen atoms in total. The maximum absolute atomic E-state index is 12.9. The maximum atomic E-state index is 12.9. The summed E-state index contributed by atoms with van der Waals surface area (Å²) in [5.41, 5.74) is -0.213. The number of benzene rings is 1. The van der Waals surface area contributed by atoms with E-state index in [1.54, 1.807) is 32.4 Å². The van der Waals surface area contributed by atoms with E-state index in [4.69, 9.17) is 18.9 Å². The first-order valence-electron chi connectivity index (χ1n) is 7.15. The fourth-order valence-corrected chi connectivity index (χ4v) is 2.65. The Labute approximate surface area is 125 Å². The van der Waals surface area contributed by atoms with Gasteiger partial charge in [-0.05, 0) is 25.1 Å². The molecule has 1 aliphatic rings. The van der Waals surface area contributed by atoms with E-state index >= 15 is 0 Å². The zero-order valence-corrected chi connectivity index (χ0v) is 12.8. The molecule has 0 N–H and O–H groups in total. The van der Waals surface area contributed by atoms with Crippen LogP contribution in [-0.2, 0) is 9.47 Å². The molecule has 1 aromatic carbocycles. The zero-order chi connectivity index (χ0) is 15.3. The van der Waals surface area contributed by atoms with Gasteiger partial charge >= 0.3 is 0 Å². The minimum Gasteiger partial charge on any atom is -0.493 e. The lowest BCUT2D eigenvalue weighted by Gasteiger charge is -2.35.